The summed E-state index contributed by atoms with van der Waals surface area (Å²) in [6, 6.07) is 3.94. The van der Waals surface area contributed by atoms with Gasteiger partial charge >= 0.3 is 5.97 Å². The molecule has 0 aliphatic rings. The van der Waals surface area contributed by atoms with E-state index in [2.05, 4.69) is 10.2 Å². The Hall–Kier alpha value is -1.91. The highest BCUT2D eigenvalue weighted by Gasteiger charge is 2.12. The average molecular weight is 233 g/mol. The van der Waals surface area contributed by atoms with Gasteiger partial charge in [-0.15, -0.1) is 10.2 Å². The molecule has 1 atom stereocenters. The van der Waals surface area contributed by atoms with Crippen LogP contribution in [0.5, 0.6) is 0 Å². The smallest absolute Gasteiger partial charge is 0.303 e. The van der Waals surface area contributed by atoms with E-state index >= 15 is 0 Å². The SMILES string of the molecule is Cc1ccn2c(CC(C)CC(=O)O)nnc2c1. The zero-order valence-corrected chi connectivity index (χ0v) is 9.92. The predicted octanol–water partition coefficient (Wildman–Crippen LogP) is 1.69. The number of hydrogen-bond acceptors (Lipinski definition) is 3. The van der Waals surface area contributed by atoms with Crippen LogP contribution in [0.2, 0.25) is 0 Å². The van der Waals surface area contributed by atoms with Crippen molar-refractivity contribution in [2.45, 2.75) is 26.7 Å². The maximum atomic E-state index is 10.6. The fourth-order valence-corrected chi connectivity index (χ4v) is 1.86. The van der Waals surface area contributed by atoms with Crippen LogP contribution in [0.4, 0.5) is 0 Å². The molecule has 0 radical (unpaired) electrons. The van der Waals surface area contributed by atoms with Crippen molar-refractivity contribution in [2.24, 2.45) is 5.92 Å². The topological polar surface area (TPSA) is 67.5 Å². The van der Waals surface area contributed by atoms with Gasteiger partial charge in [-0.2, -0.15) is 0 Å². The van der Waals surface area contributed by atoms with Crippen LogP contribution in [-0.2, 0) is 11.2 Å². The molecule has 0 bridgehead atoms. The Kier molecular flexibility index (Phi) is 3.08. The Morgan fingerprint density at radius 3 is 3.00 bits per heavy atom. The summed E-state index contributed by atoms with van der Waals surface area (Å²) in [5.74, 6) is 0.0946. The quantitative estimate of drug-likeness (QED) is 0.872. The fraction of sp³-hybridized carbons (Fsp3) is 0.417. The molecule has 5 heteroatoms. The van der Waals surface area contributed by atoms with Gasteiger partial charge in [0.2, 0.25) is 0 Å². The van der Waals surface area contributed by atoms with Crippen LogP contribution in [0, 0.1) is 12.8 Å². The molecule has 2 aromatic heterocycles. The van der Waals surface area contributed by atoms with Crippen LogP contribution in [0.3, 0.4) is 0 Å². The van der Waals surface area contributed by atoms with E-state index in [1.165, 1.54) is 0 Å². The van der Waals surface area contributed by atoms with Crippen molar-refractivity contribution in [1.29, 1.82) is 0 Å². The number of aromatic nitrogens is 3. The Balaban J connectivity index is 2.22. The lowest BCUT2D eigenvalue weighted by Gasteiger charge is -2.06. The Morgan fingerprint density at radius 1 is 1.53 bits per heavy atom. The third kappa shape index (κ3) is 2.61. The molecule has 5 nitrogen and oxygen atoms in total. The fourth-order valence-electron chi connectivity index (χ4n) is 1.86. The largest absolute Gasteiger partial charge is 0.481 e. The number of carbonyl (C=O) groups is 1. The van der Waals surface area contributed by atoms with Gasteiger partial charge in [0.15, 0.2) is 5.65 Å². The van der Waals surface area contributed by atoms with Crippen LogP contribution >= 0.6 is 0 Å². The highest BCUT2D eigenvalue weighted by atomic mass is 16.4. The third-order valence-electron chi connectivity index (χ3n) is 2.69. The summed E-state index contributed by atoms with van der Waals surface area (Å²) in [7, 11) is 0. The maximum Gasteiger partial charge on any atom is 0.303 e. The van der Waals surface area contributed by atoms with Gasteiger partial charge in [0.1, 0.15) is 5.82 Å². The van der Waals surface area contributed by atoms with Gasteiger partial charge in [-0.3, -0.25) is 9.20 Å². The molecule has 2 aromatic rings. The molecule has 0 saturated heterocycles. The first-order valence-electron chi connectivity index (χ1n) is 5.58. The number of aryl methyl sites for hydroxylation is 1. The van der Waals surface area contributed by atoms with Gasteiger partial charge in [0, 0.05) is 19.0 Å². The molecule has 0 amide bonds. The second-order valence-electron chi connectivity index (χ2n) is 4.46. The summed E-state index contributed by atoms with van der Waals surface area (Å²) in [5.41, 5.74) is 1.94. The zero-order valence-electron chi connectivity index (χ0n) is 9.92. The first kappa shape index (κ1) is 11.6. The molecule has 90 valence electrons. The lowest BCUT2D eigenvalue weighted by atomic mass is 10.0. The van der Waals surface area contributed by atoms with E-state index in [1.54, 1.807) is 0 Å². The van der Waals surface area contributed by atoms with Crippen LogP contribution in [0.1, 0.15) is 24.7 Å². The van der Waals surface area contributed by atoms with Crippen LogP contribution in [0.15, 0.2) is 18.3 Å². The van der Waals surface area contributed by atoms with E-state index in [-0.39, 0.29) is 12.3 Å². The third-order valence-corrected chi connectivity index (χ3v) is 2.69. The molecule has 1 N–H and O–H groups in total. The Labute approximate surface area is 99.1 Å². The van der Waals surface area contributed by atoms with Gasteiger partial charge in [-0.05, 0) is 30.5 Å². The standard InChI is InChI=1S/C12H15N3O2/c1-8-3-4-15-10(5-8)13-14-11(15)6-9(2)7-12(16)17/h3-5,9H,6-7H2,1-2H3,(H,16,17). The number of pyridine rings is 1. The highest BCUT2D eigenvalue weighted by Crippen LogP contribution is 2.12. The summed E-state index contributed by atoms with van der Waals surface area (Å²) in [6.45, 7) is 3.91. The molecule has 2 rings (SSSR count). The van der Waals surface area contributed by atoms with Gasteiger partial charge in [0.25, 0.3) is 0 Å². The van der Waals surface area contributed by atoms with Gasteiger partial charge in [-0.25, -0.2) is 0 Å². The molecule has 0 saturated carbocycles. The molecule has 17 heavy (non-hydrogen) atoms. The second-order valence-corrected chi connectivity index (χ2v) is 4.46. The number of nitrogens with zero attached hydrogens (tertiary/aromatic N) is 3. The van der Waals surface area contributed by atoms with Crippen molar-refractivity contribution in [3.63, 3.8) is 0 Å². The van der Waals surface area contributed by atoms with Crippen molar-refractivity contribution in [2.75, 3.05) is 0 Å². The highest BCUT2D eigenvalue weighted by molar-refractivity contribution is 5.66. The predicted molar refractivity (Wildman–Crippen MR) is 62.8 cm³/mol. The van der Waals surface area contributed by atoms with Gasteiger partial charge in [-0.1, -0.05) is 6.92 Å². The Morgan fingerprint density at radius 2 is 2.29 bits per heavy atom. The van der Waals surface area contributed by atoms with Gasteiger partial charge in [0.05, 0.1) is 0 Å². The monoisotopic (exact) mass is 233 g/mol. The molecular weight excluding hydrogens is 218 g/mol. The lowest BCUT2D eigenvalue weighted by molar-refractivity contribution is -0.137. The number of rotatable bonds is 4. The summed E-state index contributed by atoms with van der Waals surface area (Å²) in [5, 5.41) is 16.9. The van der Waals surface area contributed by atoms with E-state index < -0.39 is 5.97 Å². The second kappa shape index (κ2) is 4.53. The van der Waals surface area contributed by atoms with E-state index in [0.717, 1.165) is 17.0 Å². The van der Waals surface area contributed by atoms with Crippen molar-refractivity contribution < 1.29 is 9.90 Å². The van der Waals surface area contributed by atoms with Crippen molar-refractivity contribution >= 4 is 11.6 Å². The number of carboxylic acid groups (broad SMARTS) is 1. The summed E-state index contributed by atoms with van der Waals surface area (Å²) < 4.78 is 1.91. The van der Waals surface area contributed by atoms with E-state index in [4.69, 9.17) is 5.11 Å². The zero-order chi connectivity index (χ0) is 12.4. The van der Waals surface area contributed by atoms with Crippen LogP contribution in [-0.4, -0.2) is 25.7 Å². The van der Waals surface area contributed by atoms with Crippen molar-refractivity contribution in [3.8, 4) is 0 Å². The molecule has 0 fully saturated rings. The minimum atomic E-state index is -0.776. The van der Waals surface area contributed by atoms with Crippen molar-refractivity contribution in [3.05, 3.63) is 29.7 Å². The lowest BCUT2D eigenvalue weighted by Crippen LogP contribution is -2.09. The maximum absolute atomic E-state index is 10.6. The number of carboxylic acids is 1. The summed E-state index contributed by atoms with van der Waals surface area (Å²) >= 11 is 0. The summed E-state index contributed by atoms with van der Waals surface area (Å²) in [4.78, 5) is 10.6. The normalized spacial score (nSPS) is 12.8. The number of aliphatic carboxylic acids is 1. The molecular formula is C12H15N3O2. The number of hydrogen-bond donors (Lipinski definition) is 1. The van der Waals surface area contributed by atoms with Crippen LogP contribution < -0.4 is 0 Å². The van der Waals surface area contributed by atoms with Crippen LogP contribution in [0.25, 0.3) is 5.65 Å². The van der Waals surface area contributed by atoms with Crippen molar-refractivity contribution in [1.82, 2.24) is 14.6 Å². The Bertz CT molecular complexity index is 548. The van der Waals surface area contributed by atoms with E-state index in [0.29, 0.717) is 6.42 Å². The minimum Gasteiger partial charge on any atom is -0.481 e. The molecule has 0 aliphatic carbocycles. The van der Waals surface area contributed by atoms with E-state index in [1.807, 2.05) is 36.6 Å². The van der Waals surface area contributed by atoms with Gasteiger partial charge < -0.3 is 5.11 Å². The van der Waals surface area contributed by atoms with E-state index in [9.17, 15) is 4.79 Å². The molecule has 0 aliphatic heterocycles. The summed E-state index contributed by atoms with van der Waals surface area (Å²) in [6.07, 6.45) is 2.70. The first-order chi connectivity index (χ1) is 8.06. The number of fused-ring (bicyclic) bond motifs is 1. The average Bonchev–Trinajstić information content (AvgIpc) is 2.59. The minimum absolute atomic E-state index is 0.0567. The molecule has 2 heterocycles. The molecule has 0 spiro atoms. The first-order valence-corrected chi connectivity index (χ1v) is 5.58. The molecule has 1 unspecified atom stereocenters. The molecule has 0 aromatic carbocycles.